The second-order valence-corrected chi connectivity index (χ2v) is 6.36. The molecular formula is C20H27N3O. The molecule has 1 aliphatic heterocycles. The summed E-state index contributed by atoms with van der Waals surface area (Å²) in [5.74, 6) is 0.193. The largest absolute Gasteiger partial charge is 0.371 e. The van der Waals surface area contributed by atoms with E-state index in [9.17, 15) is 4.79 Å². The summed E-state index contributed by atoms with van der Waals surface area (Å²) in [4.78, 5) is 14.9. The lowest BCUT2D eigenvalue weighted by Gasteiger charge is -2.40. The molecule has 0 N–H and O–H groups in total. The van der Waals surface area contributed by atoms with Crippen molar-refractivity contribution >= 4 is 11.6 Å². The average molecular weight is 325 g/mol. The monoisotopic (exact) mass is 325 g/mol. The van der Waals surface area contributed by atoms with Crippen LogP contribution >= 0.6 is 0 Å². The van der Waals surface area contributed by atoms with E-state index in [0.717, 1.165) is 32.4 Å². The van der Waals surface area contributed by atoms with Crippen LogP contribution in [0.25, 0.3) is 0 Å². The van der Waals surface area contributed by atoms with Gasteiger partial charge in [0, 0.05) is 37.6 Å². The predicted molar refractivity (Wildman–Crippen MR) is 99.0 cm³/mol. The van der Waals surface area contributed by atoms with E-state index in [1.165, 1.54) is 11.3 Å². The van der Waals surface area contributed by atoms with Gasteiger partial charge in [0.1, 0.15) is 0 Å². The number of carbonyl (C=O) groups is 1. The Morgan fingerprint density at radius 3 is 2.38 bits per heavy atom. The number of rotatable bonds is 5. The molecule has 2 aromatic rings. The van der Waals surface area contributed by atoms with Gasteiger partial charge in [-0.1, -0.05) is 32.0 Å². The number of aromatic nitrogens is 1. The van der Waals surface area contributed by atoms with Crippen LogP contribution in [0.5, 0.6) is 0 Å². The Morgan fingerprint density at radius 1 is 1.08 bits per heavy atom. The SMILES string of the molecule is CCC(=O)N(C1CCN(c2ccccc2CC)CC1)n1cccc1. The van der Waals surface area contributed by atoms with Crippen LogP contribution in [0.4, 0.5) is 5.69 Å². The molecule has 4 nitrogen and oxygen atoms in total. The number of hydrogen-bond donors (Lipinski definition) is 0. The lowest BCUT2D eigenvalue weighted by molar-refractivity contribution is -0.120. The van der Waals surface area contributed by atoms with E-state index in [2.05, 4.69) is 36.1 Å². The third-order valence-electron chi connectivity index (χ3n) is 4.92. The molecule has 1 amide bonds. The molecule has 0 bridgehead atoms. The van der Waals surface area contributed by atoms with Crippen LogP contribution in [0, 0.1) is 0 Å². The molecule has 1 fully saturated rings. The maximum absolute atomic E-state index is 12.5. The van der Waals surface area contributed by atoms with Crippen molar-refractivity contribution in [1.29, 1.82) is 0 Å². The highest BCUT2D eigenvalue weighted by molar-refractivity contribution is 5.86. The van der Waals surface area contributed by atoms with Crippen molar-refractivity contribution in [3.8, 4) is 0 Å². The molecule has 1 aromatic heterocycles. The fraction of sp³-hybridized carbons (Fsp3) is 0.450. The Labute approximate surface area is 144 Å². The summed E-state index contributed by atoms with van der Waals surface area (Å²) >= 11 is 0. The first-order valence-corrected chi connectivity index (χ1v) is 9.02. The fourth-order valence-electron chi connectivity index (χ4n) is 3.62. The van der Waals surface area contributed by atoms with Crippen LogP contribution in [0.15, 0.2) is 48.8 Å². The summed E-state index contributed by atoms with van der Waals surface area (Å²) in [5, 5.41) is 1.95. The lowest BCUT2D eigenvalue weighted by atomic mass is 10.0. The molecule has 128 valence electrons. The van der Waals surface area contributed by atoms with Gasteiger partial charge in [-0.3, -0.25) is 9.47 Å². The summed E-state index contributed by atoms with van der Waals surface area (Å²) < 4.78 is 1.95. The van der Waals surface area contributed by atoms with Gasteiger partial charge in [0.25, 0.3) is 0 Å². The predicted octanol–water partition coefficient (Wildman–Crippen LogP) is 3.59. The molecule has 0 atom stereocenters. The Kier molecular flexibility index (Phi) is 5.24. The maximum Gasteiger partial charge on any atom is 0.241 e. The minimum Gasteiger partial charge on any atom is -0.371 e. The Hall–Kier alpha value is -2.23. The standard InChI is InChI=1S/C20H27N3O/c1-3-17-9-5-6-10-19(17)21-15-11-18(12-16-21)23(20(24)4-2)22-13-7-8-14-22/h5-10,13-14,18H,3-4,11-12,15-16H2,1-2H3. The van der Waals surface area contributed by atoms with Gasteiger partial charge in [-0.25, -0.2) is 5.01 Å². The molecule has 2 heterocycles. The summed E-state index contributed by atoms with van der Waals surface area (Å²) in [6.07, 6.45) is 7.53. The zero-order valence-corrected chi connectivity index (χ0v) is 14.7. The number of anilines is 1. The molecule has 24 heavy (non-hydrogen) atoms. The Bertz CT molecular complexity index is 657. The summed E-state index contributed by atoms with van der Waals surface area (Å²) in [6, 6.07) is 12.9. The van der Waals surface area contributed by atoms with Crippen LogP contribution in [0.1, 0.15) is 38.7 Å². The van der Waals surface area contributed by atoms with Gasteiger partial charge in [-0.05, 0) is 43.0 Å². The molecule has 3 rings (SSSR count). The third kappa shape index (κ3) is 3.32. The highest BCUT2D eigenvalue weighted by Gasteiger charge is 2.28. The summed E-state index contributed by atoms with van der Waals surface area (Å²) in [6.45, 7) is 6.14. The van der Waals surface area contributed by atoms with E-state index in [4.69, 9.17) is 0 Å². The quantitative estimate of drug-likeness (QED) is 0.840. The average Bonchev–Trinajstić information content (AvgIpc) is 3.16. The first-order chi connectivity index (χ1) is 11.7. The molecular weight excluding hydrogens is 298 g/mol. The van der Waals surface area contributed by atoms with Crippen LogP contribution in [0.2, 0.25) is 0 Å². The van der Waals surface area contributed by atoms with E-state index in [1.54, 1.807) is 0 Å². The highest BCUT2D eigenvalue weighted by Crippen LogP contribution is 2.26. The van der Waals surface area contributed by atoms with Crippen molar-refractivity contribution in [2.75, 3.05) is 23.0 Å². The highest BCUT2D eigenvalue weighted by atomic mass is 16.2. The van der Waals surface area contributed by atoms with Gasteiger partial charge < -0.3 is 4.90 Å². The Balaban J connectivity index is 1.72. The van der Waals surface area contributed by atoms with E-state index in [1.807, 2.05) is 41.1 Å². The first kappa shape index (κ1) is 16.6. The molecule has 1 saturated heterocycles. The van der Waals surface area contributed by atoms with Crippen LogP contribution in [-0.4, -0.2) is 29.7 Å². The number of para-hydroxylation sites is 1. The van der Waals surface area contributed by atoms with E-state index in [0.29, 0.717) is 6.42 Å². The fourth-order valence-corrected chi connectivity index (χ4v) is 3.62. The van der Waals surface area contributed by atoms with Crippen molar-refractivity contribution in [2.45, 2.75) is 45.6 Å². The number of aryl methyl sites for hydroxylation is 1. The molecule has 0 saturated carbocycles. The van der Waals surface area contributed by atoms with Crippen molar-refractivity contribution in [3.63, 3.8) is 0 Å². The second-order valence-electron chi connectivity index (χ2n) is 6.36. The first-order valence-electron chi connectivity index (χ1n) is 9.02. The number of amides is 1. The summed E-state index contributed by atoms with van der Waals surface area (Å²) in [5.41, 5.74) is 2.76. The van der Waals surface area contributed by atoms with Gasteiger partial charge in [0.15, 0.2) is 0 Å². The number of benzene rings is 1. The molecule has 0 spiro atoms. The molecule has 1 aliphatic rings. The number of piperidine rings is 1. The van der Waals surface area contributed by atoms with E-state index >= 15 is 0 Å². The number of hydrogen-bond acceptors (Lipinski definition) is 2. The van der Waals surface area contributed by atoms with Crippen molar-refractivity contribution in [2.24, 2.45) is 0 Å². The summed E-state index contributed by atoms with van der Waals surface area (Å²) in [7, 11) is 0. The van der Waals surface area contributed by atoms with Crippen molar-refractivity contribution in [3.05, 3.63) is 54.4 Å². The van der Waals surface area contributed by atoms with Crippen LogP contribution in [0.3, 0.4) is 0 Å². The van der Waals surface area contributed by atoms with Gasteiger partial charge >= 0.3 is 0 Å². The number of carbonyl (C=O) groups excluding carboxylic acids is 1. The molecule has 0 unspecified atom stereocenters. The van der Waals surface area contributed by atoms with Crippen molar-refractivity contribution in [1.82, 2.24) is 4.68 Å². The third-order valence-corrected chi connectivity index (χ3v) is 4.92. The molecule has 0 aliphatic carbocycles. The van der Waals surface area contributed by atoms with Gasteiger partial charge in [0.2, 0.25) is 5.91 Å². The zero-order valence-electron chi connectivity index (χ0n) is 14.7. The van der Waals surface area contributed by atoms with E-state index < -0.39 is 0 Å². The van der Waals surface area contributed by atoms with E-state index in [-0.39, 0.29) is 11.9 Å². The smallest absolute Gasteiger partial charge is 0.241 e. The van der Waals surface area contributed by atoms with Gasteiger partial charge in [0.05, 0.1) is 6.04 Å². The Morgan fingerprint density at radius 2 is 1.75 bits per heavy atom. The van der Waals surface area contributed by atoms with Crippen molar-refractivity contribution < 1.29 is 4.79 Å². The van der Waals surface area contributed by atoms with Gasteiger partial charge in [-0.15, -0.1) is 0 Å². The molecule has 1 aromatic carbocycles. The maximum atomic E-state index is 12.5. The van der Waals surface area contributed by atoms with Crippen LogP contribution in [-0.2, 0) is 11.2 Å². The number of nitrogens with zero attached hydrogens (tertiary/aromatic N) is 3. The minimum absolute atomic E-state index is 0.193. The minimum atomic E-state index is 0.193. The van der Waals surface area contributed by atoms with Gasteiger partial charge in [-0.2, -0.15) is 0 Å². The topological polar surface area (TPSA) is 28.5 Å². The molecule has 0 radical (unpaired) electrons. The zero-order chi connectivity index (χ0) is 16.9. The normalized spacial score (nSPS) is 15.5. The lowest BCUT2D eigenvalue weighted by Crippen LogP contribution is -2.52. The second kappa shape index (κ2) is 7.56. The molecule has 4 heteroatoms. The van der Waals surface area contributed by atoms with Crippen LogP contribution < -0.4 is 9.91 Å².